The third kappa shape index (κ3) is 3.76. The summed E-state index contributed by atoms with van der Waals surface area (Å²) in [6.45, 7) is 1.22. The summed E-state index contributed by atoms with van der Waals surface area (Å²) in [4.78, 5) is 27.7. The molecule has 2 N–H and O–H groups in total. The van der Waals surface area contributed by atoms with Crippen molar-refractivity contribution >= 4 is 44.0 Å². The number of pyridine rings is 1. The molecule has 0 saturated heterocycles. The van der Waals surface area contributed by atoms with Gasteiger partial charge in [-0.25, -0.2) is 0 Å². The van der Waals surface area contributed by atoms with E-state index >= 15 is 0 Å². The second-order valence-corrected chi connectivity index (χ2v) is 5.95. The van der Waals surface area contributed by atoms with Gasteiger partial charge in [0.25, 0.3) is 0 Å². The maximum atomic E-state index is 10.7. The average molecular weight is 407 g/mol. The summed E-state index contributed by atoms with van der Waals surface area (Å²) in [6.07, 6.45) is 2.35. The minimum absolute atomic E-state index is 0.171. The van der Waals surface area contributed by atoms with Crippen LogP contribution in [0.15, 0.2) is 18.3 Å². The molecule has 25 heavy (non-hydrogen) atoms. The van der Waals surface area contributed by atoms with Gasteiger partial charge in [-0.15, -0.1) is 0 Å². The normalized spacial score (nSPS) is 11.0. The van der Waals surface area contributed by atoms with Crippen LogP contribution in [0.2, 0.25) is 0 Å². The molecular weight excluding hydrogens is 391 g/mol. The third-order valence-electron chi connectivity index (χ3n) is 3.41. The Morgan fingerprint density at radius 2 is 2.12 bits per heavy atom. The van der Waals surface area contributed by atoms with Crippen LogP contribution in [0.1, 0.15) is 16.1 Å². The fraction of sp³-hybridized carbons (Fsp3) is 0.267. The number of methoxy groups -OCH3 is 1. The number of imidazole rings is 1. The van der Waals surface area contributed by atoms with Crippen LogP contribution in [-0.4, -0.2) is 67.1 Å². The molecule has 10 heteroatoms. The molecule has 0 fully saturated rings. The minimum atomic E-state index is 0.171. The van der Waals surface area contributed by atoms with Crippen LogP contribution in [0.25, 0.3) is 11.2 Å². The van der Waals surface area contributed by atoms with Crippen LogP contribution >= 0.6 is 0 Å². The van der Waals surface area contributed by atoms with E-state index in [1.807, 2.05) is 10.6 Å². The van der Waals surface area contributed by atoms with Gasteiger partial charge in [0.05, 0.1) is 0 Å². The van der Waals surface area contributed by atoms with Crippen LogP contribution in [0.5, 0.6) is 6.01 Å². The number of carbonyl (C=O) groups excluding carboxylic acids is 1. The Kier molecular flexibility index (Phi) is 5.22. The molecule has 3 aromatic rings. The quantitative estimate of drug-likeness (QED) is 0.308. The first kappa shape index (κ1) is 17.3. The van der Waals surface area contributed by atoms with Crippen molar-refractivity contribution in [3.8, 4) is 6.01 Å². The summed E-state index contributed by atoms with van der Waals surface area (Å²) < 4.78 is 12.9. The molecule has 0 bridgehead atoms. The molecule has 3 heterocycles. The van der Waals surface area contributed by atoms with Crippen LogP contribution < -0.4 is 15.2 Å². The molecule has 0 aliphatic rings. The fourth-order valence-electron chi connectivity index (χ4n) is 2.20. The number of ether oxygens (including phenoxy) is 2. The van der Waals surface area contributed by atoms with E-state index in [0.29, 0.717) is 47.6 Å². The van der Waals surface area contributed by atoms with Crippen LogP contribution in [0.3, 0.4) is 0 Å². The van der Waals surface area contributed by atoms with Gasteiger partial charge in [-0.05, 0) is 0 Å². The van der Waals surface area contributed by atoms with E-state index in [9.17, 15) is 4.79 Å². The number of rotatable bonds is 7. The summed E-state index contributed by atoms with van der Waals surface area (Å²) in [5, 5.41) is 0. The molecule has 0 amide bonds. The van der Waals surface area contributed by atoms with Crippen molar-refractivity contribution < 1.29 is 14.3 Å². The zero-order valence-electron chi connectivity index (χ0n) is 13.4. The predicted molar refractivity (Wildman–Crippen MR) is 92.6 cm³/mol. The Labute approximate surface area is 151 Å². The van der Waals surface area contributed by atoms with Gasteiger partial charge in [0.1, 0.15) is 0 Å². The summed E-state index contributed by atoms with van der Waals surface area (Å²) in [5.41, 5.74) is 8.33. The zero-order chi connectivity index (χ0) is 17.8. The summed E-state index contributed by atoms with van der Waals surface area (Å²) in [5.74, 6) is 0.248. The molecule has 9 nitrogen and oxygen atoms in total. The summed E-state index contributed by atoms with van der Waals surface area (Å²) in [7, 11) is 1.59. The molecule has 3 aromatic heterocycles. The van der Waals surface area contributed by atoms with Gasteiger partial charge in [0.2, 0.25) is 0 Å². The molecular formula is C15H16N6O3Se. The van der Waals surface area contributed by atoms with Crippen LogP contribution in [0.4, 0.5) is 5.82 Å². The van der Waals surface area contributed by atoms with Crippen molar-refractivity contribution in [2.24, 2.45) is 0 Å². The molecule has 0 aliphatic heterocycles. The van der Waals surface area contributed by atoms with Crippen molar-refractivity contribution in [2.75, 3.05) is 26.1 Å². The number of aromatic nitrogens is 5. The van der Waals surface area contributed by atoms with E-state index in [1.165, 1.54) is 0 Å². The number of aldehydes is 1. The number of hydrogen-bond acceptors (Lipinski definition) is 8. The van der Waals surface area contributed by atoms with Crippen molar-refractivity contribution in [2.45, 2.75) is 6.54 Å². The number of carbonyl (C=O) groups is 1. The fourth-order valence-corrected chi connectivity index (χ4v) is 2.75. The topological polar surface area (TPSA) is 118 Å². The molecule has 0 spiro atoms. The molecule has 130 valence electrons. The van der Waals surface area contributed by atoms with Gasteiger partial charge < -0.3 is 0 Å². The van der Waals surface area contributed by atoms with Crippen LogP contribution in [0, 0.1) is 0 Å². The second-order valence-electron chi connectivity index (χ2n) is 5.11. The second kappa shape index (κ2) is 7.56. The average Bonchev–Trinajstić information content (AvgIpc) is 2.93. The number of hydrogen-bond donors (Lipinski definition) is 1. The van der Waals surface area contributed by atoms with Gasteiger partial charge in [-0.1, -0.05) is 0 Å². The first-order chi connectivity index (χ1) is 12.1. The van der Waals surface area contributed by atoms with E-state index in [-0.39, 0.29) is 11.8 Å². The Balaban J connectivity index is 1.95. The molecule has 3 rings (SSSR count). The molecule has 0 aromatic carbocycles. The van der Waals surface area contributed by atoms with Crippen molar-refractivity contribution in [3.05, 3.63) is 29.6 Å². The monoisotopic (exact) mass is 408 g/mol. The number of anilines is 1. The molecule has 0 aliphatic carbocycles. The Morgan fingerprint density at radius 3 is 2.80 bits per heavy atom. The number of nitrogen functional groups attached to an aromatic ring is 1. The van der Waals surface area contributed by atoms with E-state index < -0.39 is 0 Å². The van der Waals surface area contributed by atoms with Gasteiger partial charge in [-0.3, -0.25) is 0 Å². The van der Waals surface area contributed by atoms with Crippen molar-refractivity contribution in [1.82, 2.24) is 24.5 Å². The standard InChI is InChI=1S/C15H16N6O3Se/c1-23-4-5-24-14-19-12(16)11-13(20-14)21(15(25)18-11)7-9-2-3-10(8-22)17-6-9/h2-3,6,8H,4-5,7H2,1H3,(H,18,25)(H2,16,19,20). The molecule has 0 atom stereocenters. The molecule has 0 saturated carbocycles. The molecule has 0 unspecified atom stereocenters. The van der Waals surface area contributed by atoms with Crippen molar-refractivity contribution in [3.63, 3.8) is 0 Å². The van der Waals surface area contributed by atoms with E-state index in [4.69, 9.17) is 15.2 Å². The first-order valence-electron chi connectivity index (χ1n) is 7.37. The Morgan fingerprint density at radius 1 is 1.28 bits per heavy atom. The van der Waals surface area contributed by atoms with E-state index in [1.54, 1.807) is 19.4 Å². The predicted octanol–water partition coefficient (Wildman–Crippen LogP) is -0.784. The summed E-state index contributed by atoms with van der Waals surface area (Å²) in [6, 6.07) is 3.66. The number of nitrogens with zero attached hydrogens (tertiary/aromatic N) is 5. The van der Waals surface area contributed by atoms with E-state index in [2.05, 4.69) is 35.9 Å². The van der Waals surface area contributed by atoms with E-state index in [0.717, 1.165) is 5.56 Å². The van der Waals surface area contributed by atoms with Crippen LogP contribution in [-0.2, 0) is 11.3 Å². The van der Waals surface area contributed by atoms with Gasteiger partial charge >= 0.3 is 151 Å². The Bertz CT molecular complexity index is 896. The maximum absolute atomic E-state index is 10.7. The van der Waals surface area contributed by atoms with Gasteiger partial charge in [0, 0.05) is 0 Å². The SMILES string of the molecule is COCCOc1nc(N)c2nc([SeH])n(Cc3ccc(C=O)nc3)c2n1. The van der Waals surface area contributed by atoms with Gasteiger partial charge in [-0.2, -0.15) is 0 Å². The van der Waals surface area contributed by atoms with Crippen molar-refractivity contribution in [1.29, 1.82) is 0 Å². The first-order valence-corrected chi connectivity index (χ1v) is 8.30. The number of nitrogens with two attached hydrogens (primary N) is 1. The molecule has 0 radical (unpaired) electrons. The number of fused-ring (bicyclic) bond motifs is 1. The van der Waals surface area contributed by atoms with Gasteiger partial charge in [0.15, 0.2) is 0 Å². The third-order valence-corrected chi connectivity index (χ3v) is 4.12. The Hall–Kier alpha value is -2.55. The zero-order valence-corrected chi connectivity index (χ0v) is 15.3. The summed E-state index contributed by atoms with van der Waals surface area (Å²) >= 11 is 2.38.